The predicted molar refractivity (Wildman–Crippen MR) is 123 cm³/mol. The van der Waals surface area contributed by atoms with Crippen LogP contribution in [0.3, 0.4) is 0 Å². The summed E-state index contributed by atoms with van der Waals surface area (Å²) in [5.41, 5.74) is 3.33. The largest absolute Gasteiger partial charge is 0.497 e. The molecule has 0 fully saturated rings. The lowest BCUT2D eigenvalue weighted by molar-refractivity contribution is 0.0997. The van der Waals surface area contributed by atoms with E-state index in [0.29, 0.717) is 39.2 Å². The highest BCUT2D eigenvalue weighted by Crippen LogP contribution is 2.30. The lowest BCUT2D eigenvalue weighted by atomic mass is 10.2. The molecule has 5 rings (SSSR count). The Morgan fingerprint density at radius 2 is 1.84 bits per heavy atom. The number of amides is 1. The van der Waals surface area contributed by atoms with Crippen LogP contribution in [0.2, 0.25) is 5.02 Å². The molecule has 1 N–H and O–H groups in total. The Hall–Kier alpha value is -4.03. The number of hydrogen-bond donors (Lipinski definition) is 1. The number of rotatable bonds is 5. The molecule has 7 heteroatoms. The van der Waals surface area contributed by atoms with Gasteiger partial charge in [0.15, 0.2) is 11.3 Å². The number of furan rings is 1. The van der Waals surface area contributed by atoms with Crippen LogP contribution < -0.4 is 10.1 Å². The molecule has 0 aliphatic rings. The molecular weight excluding hydrogens is 428 g/mol. The van der Waals surface area contributed by atoms with Crippen LogP contribution in [0.25, 0.3) is 33.9 Å². The molecule has 0 unspecified atom stereocenters. The minimum absolute atomic E-state index is 0.178. The fraction of sp³-hybridized carbons (Fsp3) is 0.0400. The van der Waals surface area contributed by atoms with Crippen LogP contribution >= 0.6 is 11.6 Å². The second kappa shape index (κ2) is 8.24. The third-order valence-corrected chi connectivity index (χ3v) is 5.26. The SMILES string of the molecule is COc1cccc(-c2nc3cc(NC(=O)c4ccc(-c5ccccc5Cl)o4)ccc3o2)c1. The number of anilines is 1. The normalized spacial score (nSPS) is 10.9. The third kappa shape index (κ3) is 3.84. The molecule has 2 heterocycles. The van der Waals surface area contributed by atoms with Gasteiger partial charge in [0, 0.05) is 16.8 Å². The summed E-state index contributed by atoms with van der Waals surface area (Å²) in [6.45, 7) is 0. The fourth-order valence-corrected chi connectivity index (χ4v) is 3.57. The van der Waals surface area contributed by atoms with Gasteiger partial charge in [0.2, 0.25) is 5.89 Å². The van der Waals surface area contributed by atoms with Gasteiger partial charge < -0.3 is 18.9 Å². The summed E-state index contributed by atoms with van der Waals surface area (Å²) in [5.74, 6) is 1.51. The molecule has 0 saturated carbocycles. The van der Waals surface area contributed by atoms with Crippen molar-refractivity contribution in [3.63, 3.8) is 0 Å². The average molecular weight is 445 g/mol. The van der Waals surface area contributed by atoms with Crippen molar-refractivity contribution in [2.75, 3.05) is 12.4 Å². The molecule has 0 radical (unpaired) electrons. The van der Waals surface area contributed by atoms with Gasteiger partial charge >= 0.3 is 0 Å². The van der Waals surface area contributed by atoms with Gasteiger partial charge in [0.1, 0.15) is 17.0 Å². The lowest BCUT2D eigenvalue weighted by Gasteiger charge is -2.03. The molecular formula is C25H17ClN2O4. The number of benzene rings is 3. The van der Waals surface area contributed by atoms with Gasteiger partial charge in [-0.1, -0.05) is 29.8 Å². The summed E-state index contributed by atoms with van der Waals surface area (Å²) < 4.78 is 16.8. The van der Waals surface area contributed by atoms with Crippen molar-refractivity contribution >= 4 is 34.3 Å². The summed E-state index contributed by atoms with van der Waals surface area (Å²) >= 11 is 6.21. The van der Waals surface area contributed by atoms with E-state index in [2.05, 4.69) is 10.3 Å². The Labute approximate surface area is 188 Å². The van der Waals surface area contributed by atoms with Gasteiger partial charge in [-0.15, -0.1) is 0 Å². The summed E-state index contributed by atoms with van der Waals surface area (Å²) in [4.78, 5) is 17.2. The topological polar surface area (TPSA) is 77.5 Å². The van der Waals surface area contributed by atoms with Crippen molar-refractivity contribution in [2.45, 2.75) is 0 Å². The lowest BCUT2D eigenvalue weighted by Crippen LogP contribution is -2.10. The van der Waals surface area contributed by atoms with Gasteiger partial charge in [-0.25, -0.2) is 4.98 Å². The van der Waals surface area contributed by atoms with Gasteiger partial charge in [-0.2, -0.15) is 0 Å². The summed E-state index contributed by atoms with van der Waals surface area (Å²) in [6.07, 6.45) is 0. The highest BCUT2D eigenvalue weighted by molar-refractivity contribution is 6.33. The maximum absolute atomic E-state index is 12.7. The molecule has 0 bridgehead atoms. The number of methoxy groups -OCH3 is 1. The molecule has 0 spiro atoms. The first kappa shape index (κ1) is 19.9. The third-order valence-electron chi connectivity index (χ3n) is 4.93. The van der Waals surface area contributed by atoms with E-state index in [0.717, 1.165) is 11.1 Å². The first-order valence-electron chi connectivity index (χ1n) is 9.82. The first-order chi connectivity index (χ1) is 15.6. The molecule has 0 aliphatic carbocycles. The van der Waals surface area contributed by atoms with Crippen molar-refractivity contribution in [3.8, 4) is 28.5 Å². The predicted octanol–water partition coefficient (Wildman–Crippen LogP) is 6.67. The van der Waals surface area contributed by atoms with Crippen LogP contribution in [0, 0.1) is 0 Å². The quantitative estimate of drug-likeness (QED) is 0.327. The molecule has 1 amide bonds. The van der Waals surface area contributed by atoms with E-state index in [1.807, 2.05) is 42.5 Å². The van der Waals surface area contributed by atoms with Crippen molar-refractivity contribution in [3.05, 3.63) is 89.6 Å². The van der Waals surface area contributed by atoms with Crippen molar-refractivity contribution < 1.29 is 18.4 Å². The second-order valence-corrected chi connectivity index (χ2v) is 7.44. The molecule has 6 nitrogen and oxygen atoms in total. The van der Waals surface area contributed by atoms with Crippen molar-refractivity contribution in [2.24, 2.45) is 0 Å². The number of nitrogens with zero attached hydrogens (tertiary/aromatic N) is 1. The van der Waals surface area contributed by atoms with Crippen molar-refractivity contribution in [1.29, 1.82) is 0 Å². The zero-order chi connectivity index (χ0) is 22.1. The number of halogens is 1. The highest BCUT2D eigenvalue weighted by atomic mass is 35.5. The van der Waals surface area contributed by atoms with Gasteiger partial charge in [0.05, 0.1) is 12.1 Å². The Morgan fingerprint density at radius 3 is 2.69 bits per heavy atom. The smallest absolute Gasteiger partial charge is 0.291 e. The zero-order valence-electron chi connectivity index (χ0n) is 17.0. The van der Waals surface area contributed by atoms with Crippen LogP contribution in [0.15, 0.2) is 87.7 Å². The van der Waals surface area contributed by atoms with Crippen molar-refractivity contribution in [1.82, 2.24) is 4.98 Å². The number of ether oxygens (including phenoxy) is 1. The maximum Gasteiger partial charge on any atom is 0.291 e. The van der Waals surface area contributed by atoms with Gasteiger partial charge in [-0.05, 0) is 60.7 Å². The van der Waals surface area contributed by atoms with Crippen LogP contribution in [-0.2, 0) is 0 Å². The number of aromatic nitrogens is 1. The molecule has 0 atom stereocenters. The van der Waals surface area contributed by atoms with E-state index in [1.165, 1.54) is 0 Å². The second-order valence-electron chi connectivity index (χ2n) is 7.03. The fourth-order valence-electron chi connectivity index (χ4n) is 3.34. The Morgan fingerprint density at radius 1 is 0.969 bits per heavy atom. The van der Waals surface area contributed by atoms with Crippen LogP contribution in [0.5, 0.6) is 5.75 Å². The Bertz CT molecular complexity index is 1440. The number of carbonyl (C=O) groups is 1. The van der Waals surface area contributed by atoms with E-state index >= 15 is 0 Å². The van der Waals surface area contributed by atoms with E-state index in [-0.39, 0.29) is 11.7 Å². The molecule has 3 aromatic carbocycles. The first-order valence-corrected chi connectivity index (χ1v) is 10.2. The van der Waals surface area contributed by atoms with E-state index < -0.39 is 0 Å². The summed E-state index contributed by atoms with van der Waals surface area (Å²) in [5, 5.41) is 3.38. The molecule has 0 aliphatic heterocycles. The number of oxazole rings is 1. The summed E-state index contributed by atoms with van der Waals surface area (Å²) in [7, 11) is 1.61. The Balaban J connectivity index is 1.37. The number of fused-ring (bicyclic) bond motifs is 1. The minimum Gasteiger partial charge on any atom is -0.497 e. The number of hydrogen-bond acceptors (Lipinski definition) is 5. The van der Waals surface area contributed by atoms with Gasteiger partial charge in [0.25, 0.3) is 5.91 Å². The molecule has 0 saturated heterocycles. The summed E-state index contributed by atoms with van der Waals surface area (Å²) in [6, 6.07) is 23.4. The standard InChI is InChI=1S/C25H17ClN2O4/c1-30-17-6-4-5-15(13-17)25-28-20-14-16(9-10-22(20)32-25)27-24(29)23-12-11-21(31-23)18-7-2-3-8-19(18)26/h2-14H,1H3,(H,27,29). The van der Waals surface area contributed by atoms with Crippen LogP contribution in [0.1, 0.15) is 10.6 Å². The molecule has 5 aromatic rings. The molecule has 2 aromatic heterocycles. The number of nitrogens with one attached hydrogen (secondary N) is 1. The van der Waals surface area contributed by atoms with E-state index in [9.17, 15) is 4.79 Å². The molecule has 32 heavy (non-hydrogen) atoms. The average Bonchev–Trinajstić information content (AvgIpc) is 3.47. The van der Waals surface area contributed by atoms with Crippen LogP contribution in [-0.4, -0.2) is 18.0 Å². The minimum atomic E-state index is -0.376. The molecule has 158 valence electrons. The Kier molecular flexibility index (Phi) is 5.13. The number of carbonyl (C=O) groups excluding carboxylic acids is 1. The van der Waals surface area contributed by atoms with E-state index in [4.69, 9.17) is 25.2 Å². The zero-order valence-corrected chi connectivity index (χ0v) is 17.7. The highest BCUT2D eigenvalue weighted by Gasteiger charge is 2.15. The van der Waals surface area contributed by atoms with Crippen LogP contribution in [0.4, 0.5) is 5.69 Å². The van der Waals surface area contributed by atoms with Gasteiger partial charge in [-0.3, -0.25) is 4.79 Å². The maximum atomic E-state index is 12.7. The van der Waals surface area contributed by atoms with E-state index in [1.54, 1.807) is 43.5 Å². The monoisotopic (exact) mass is 444 g/mol.